The number of carbonyl (C=O) groups excluding carboxylic acids is 2. The number of nitrogens with zero attached hydrogens (tertiary/aromatic N) is 3. The molecule has 2 aromatic carbocycles. The molecule has 0 radical (unpaired) electrons. The number of fused-ring (bicyclic) bond motifs is 1. The van der Waals surface area contributed by atoms with Gasteiger partial charge < -0.3 is 9.47 Å². The van der Waals surface area contributed by atoms with E-state index in [0.717, 1.165) is 27.0 Å². The van der Waals surface area contributed by atoms with E-state index in [4.69, 9.17) is 4.98 Å². The maximum Gasteiger partial charge on any atom is 0.227 e. The van der Waals surface area contributed by atoms with E-state index in [9.17, 15) is 9.59 Å². The smallest absolute Gasteiger partial charge is 0.227 e. The molecule has 1 fully saturated rings. The van der Waals surface area contributed by atoms with Crippen molar-refractivity contribution in [3.63, 3.8) is 0 Å². The van der Waals surface area contributed by atoms with Crippen molar-refractivity contribution in [2.45, 2.75) is 32.2 Å². The third kappa shape index (κ3) is 3.08. The normalized spacial score (nSPS) is 18.3. The van der Waals surface area contributed by atoms with Crippen molar-refractivity contribution in [2.24, 2.45) is 0 Å². The van der Waals surface area contributed by atoms with E-state index >= 15 is 0 Å². The Morgan fingerprint density at radius 3 is 2.63 bits per heavy atom. The molecule has 0 saturated carbocycles. The van der Waals surface area contributed by atoms with Crippen LogP contribution in [0.3, 0.4) is 0 Å². The first-order valence-electron chi connectivity index (χ1n) is 8.99. The summed E-state index contributed by atoms with van der Waals surface area (Å²) < 4.78 is 2.89. The number of ketones is 1. The quantitative estimate of drug-likeness (QED) is 0.619. The molecular weight excluding hydrogens is 406 g/mol. The van der Waals surface area contributed by atoms with Crippen LogP contribution < -0.4 is 4.90 Å². The summed E-state index contributed by atoms with van der Waals surface area (Å²) in [5.74, 6) is 0.896. The molecule has 1 aromatic heterocycles. The fraction of sp³-hybridized carbons (Fsp3) is 0.286. The van der Waals surface area contributed by atoms with Crippen molar-refractivity contribution in [1.29, 1.82) is 0 Å². The van der Waals surface area contributed by atoms with Crippen LogP contribution in [-0.4, -0.2) is 27.8 Å². The minimum absolute atomic E-state index is 0.0567. The van der Waals surface area contributed by atoms with Crippen molar-refractivity contribution in [2.75, 3.05) is 11.4 Å². The third-order valence-corrected chi connectivity index (χ3v) is 5.90. The number of amides is 1. The number of hydrogen-bond donors (Lipinski definition) is 0. The fourth-order valence-corrected chi connectivity index (χ4v) is 4.22. The highest BCUT2D eigenvalue weighted by atomic mass is 79.9. The Bertz CT molecular complexity index is 1040. The SMILES string of the molecule is CC(=O)C(C)n1c(C2CC(=O)N(c3ccccc3Br)C2)nc2ccccc21. The zero-order chi connectivity index (χ0) is 19.1. The predicted octanol–water partition coefficient (Wildman–Crippen LogP) is 4.47. The number of benzene rings is 2. The van der Waals surface area contributed by atoms with Crippen LogP contribution in [0.5, 0.6) is 0 Å². The second kappa shape index (κ2) is 6.93. The number of anilines is 1. The molecule has 0 bridgehead atoms. The van der Waals surface area contributed by atoms with Gasteiger partial charge in [-0.1, -0.05) is 24.3 Å². The van der Waals surface area contributed by atoms with Gasteiger partial charge in [0, 0.05) is 23.4 Å². The number of Topliss-reactive ketones (excluding diaryl/α,β-unsaturated/α-hetero) is 1. The summed E-state index contributed by atoms with van der Waals surface area (Å²) in [7, 11) is 0. The first kappa shape index (κ1) is 17.9. The van der Waals surface area contributed by atoms with Crippen molar-refractivity contribution in [1.82, 2.24) is 9.55 Å². The monoisotopic (exact) mass is 425 g/mol. The molecule has 6 heteroatoms. The van der Waals surface area contributed by atoms with E-state index in [1.807, 2.05) is 60.0 Å². The Morgan fingerprint density at radius 2 is 1.89 bits per heavy atom. The van der Waals surface area contributed by atoms with Crippen LogP contribution in [0.25, 0.3) is 11.0 Å². The second-order valence-corrected chi connectivity index (χ2v) is 7.83. The zero-order valence-corrected chi connectivity index (χ0v) is 16.8. The highest BCUT2D eigenvalue weighted by Gasteiger charge is 2.36. The number of para-hydroxylation sites is 3. The molecule has 138 valence electrons. The molecule has 1 amide bonds. The van der Waals surface area contributed by atoms with Gasteiger partial charge in [-0.3, -0.25) is 9.59 Å². The van der Waals surface area contributed by atoms with Crippen molar-refractivity contribution < 1.29 is 9.59 Å². The lowest BCUT2D eigenvalue weighted by Gasteiger charge is -2.20. The molecule has 0 N–H and O–H groups in total. The van der Waals surface area contributed by atoms with E-state index in [0.29, 0.717) is 13.0 Å². The maximum atomic E-state index is 12.7. The van der Waals surface area contributed by atoms with Crippen molar-refractivity contribution in [3.8, 4) is 0 Å². The van der Waals surface area contributed by atoms with Gasteiger partial charge in [0.15, 0.2) is 5.78 Å². The molecular formula is C21H20BrN3O2. The van der Waals surface area contributed by atoms with Crippen LogP contribution in [0.1, 0.15) is 38.1 Å². The minimum Gasteiger partial charge on any atom is -0.317 e. The maximum absolute atomic E-state index is 12.7. The van der Waals surface area contributed by atoms with Crippen LogP contribution in [0.15, 0.2) is 53.0 Å². The second-order valence-electron chi connectivity index (χ2n) is 6.97. The van der Waals surface area contributed by atoms with E-state index in [2.05, 4.69) is 15.9 Å². The van der Waals surface area contributed by atoms with Gasteiger partial charge in [0.1, 0.15) is 5.82 Å². The average molecular weight is 426 g/mol. The summed E-state index contributed by atoms with van der Waals surface area (Å²) in [6.07, 6.45) is 0.384. The lowest BCUT2D eigenvalue weighted by atomic mass is 10.1. The van der Waals surface area contributed by atoms with Gasteiger partial charge in [-0.25, -0.2) is 4.98 Å². The summed E-state index contributed by atoms with van der Waals surface area (Å²) in [6, 6.07) is 15.2. The molecule has 2 unspecified atom stereocenters. The molecule has 2 atom stereocenters. The lowest BCUT2D eigenvalue weighted by Crippen LogP contribution is -2.25. The Kier molecular flexibility index (Phi) is 4.60. The van der Waals surface area contributed by atoms with E-state index in [1.54, 1.807) is 11.8 Å². The summed E-state index contributed by atoms with van der Waals surface area (Å²) in [4.78, 5) is 31.5. The topological polar surface area (TPSA) is 55.2 Å². The number of halogens is 1. The Labute approximate surface area is 166 Å². The lowest BCUT2D eigenvalue weighted by molar-refractivity contribution is -0.119. The van der Waals surface area contributed by atoms with Crippen LogP contribution in [0, 0.1) is 0 Å². The summed E-state index contributed by atoms with van der Waals surface area (Å²) in [6.45, 7) is 4.04. The highest BCUT2D eigenvalue weighted by molar-refractivity contribution is 9.10. The minimum atomic E-state index is -0.319. The molecule has 4 rings (SSSR count). The van der Waals surface area contributed by atoms with Crippen molar-refractivity contribution in [3.05, 3.63) is 58.8 Å². The Balaban J connectivity index is 1.77. The Morgan fingerprint density at radius 1 is 1.19 bits per heavy atom. The van der Waals surface area contributed by atoms with Gasteiger partial charge in [0.25, 0.3) is 0 Å². The number of hydrogen-bond acceptors (Lipinski definition) is 3. The van der Waals surface area contributed by atoms with E-state index in [1.165, 1.54) is 0 Å². The zero-order valence-electron chi connectivity index (χ0n) is 15.2. The van der Waals surface area contributed by atoms with Gasteiger partial charge >= 0.3 is 0 Å². The largest absolute Gasteiger partial charge is 0.317 e. The van der Waals surface area contributed by atoms with Crippen LogP contribution >= 0.6 is 15.9 Å². The Hall–Kier alpha value is -2.47. The molecule has 0 aliphatic carbocycles. The van der Waals surface area contributed by atoms with Gasteiger partial charge in [-0.15, -0.1) is 0 Å². The first-order valence-corrected chi connectivity index (χ1v) is 9.79. The van der Waals surface area contributed by atoms with Crippen molar-refractivity contribution >= 4 is 44.3 Å². The summed E-state index contributed by atoms with van der Waals surface area (Å²) >= 11 is 3.54. The van der Waals surface area contributed by atoms with Gasteiger partial charge in [-0.2, -0.15) is 0 Å². The molecule has 2 heterocycles. The highest BCUT2D eigenvalue weighted by Crippen LogP contribution is 2.37. The number of imidazole rings is 1. The molecule has 0 spiro atoms. The molecule has 5 nitrogen and oxygen atoms in total. The summed E-state index contributed by atoms with van der Waals surface area (Å²) in [5, 5.41) is 0. The van der Waals surface area contributed by atoms with Gasteiger partial charge in [0.2, 0.25) is 5.91 Å². The summed E-state index contributed by atoms with van der Waals surface area (Å²) in [5.41, 5.74) is 2.65. The average Bonchev–Trinajstić information content (AvgIpc) is 3.22. The van der Waals surface area contributed by atoms with Gasteiger partial charge in [-0.05, 0) is 54.0 Å². The molecule has 1 saturated heterocycles. The van der Waals surface area contributed by atoms with Crippen LogP contribution in [0.2, 0.25) is 0 Å². The van der Waals surface area contributed by atoms with Crippen LogP contribution in [0.4, 0.5) is 5.69 Å². The molecule has 1 aliphatic heterocycles. The number of aromatic nitrogens is 2. The molecule has 27 heavy (non-hydrogen) atoms. The predicted molar refractivity (Wildman–Crippen MR) is 109 cm³/mol. The van der Waals surface area contributed by atoms with Gasteiger partial charge in [0.05, 0.1) is 22.8 Å². The fourth-order valence-electron chi connectivity index (χ4n) is 3.72. The number of carbonyl (C=O) groups is 2. The third-order valence-electron chi connectivity index (χ3n) is 5.23. The molecule has 3 aromatic rings. The van der Waals surface area contributed by atoms with Crippen LogP contribution in [-0.2, 0) is 9.59 Å². The molecule has 1 aliphatic rings. The van der Waals surface area contributed by atoms with E-state index in [-0.39, 0.29) is 23.7 Å². The standard InChI is InChI=1S/C21H20BrN3O2/c1-13(14(2)26)25-19-10-6-4-8-17(19)23-21(25)15-11-20(27)24(12-15)18-9-5-3-7-16(18)22/h3-10,13,15H,11-12H2,1-2H3. The van der Waals surface area contributed by atoms with E-state index < -0.39 is 0 Å². The first-order chi connectivity index (χ1) is 13.0. The number of rotatable bonds is 4.